The van der Waals surface area contributed by atoms with E-state index in [1.807, 2.05) is 6.20 Å². The van der Waals surface area contributed by atoms with Crippen LogP contribution in [-0.4, -0.2) is 29.0 Å². The van der Waals surface area contributed by atoms with Crippen molar-refractivity contribution < 1.29 is 0 Å². The van der Waals surface area contributed by atoms with Crippen LogP contribution in [0.2, 0.25) is 0 Å². The smallest absolute Gasteiger partial charge is 0.0422 e. The number of halogens is 1. The summed E-state index contributed by atoms with van der Waals surface area (Å²) < 4.78 is 1.11. The summed E-state index contributed by atoms with van der Waals surface area (Å²) in [5.41, 5.74) is 1.20. The summed E-state index contributed by atoms with van der Waals surface area (Å²) in [5.74, 6) is 0. The Morgan fingerprint density at radius 2 is 2.21 bits per heavy atom. The second-order valence-corrected chi connectivity index (χ2v) is 6.36. The Labute approximate surface area is 123 Å². The number of hydrogen-bond donors (Lipinski definition) is 0. The summed E-state index contributed by atoms with van der Waals surface area (Å²) in [4.78, 5) is 7.16. The molecule has 1 saturated heterocycles. The lowest BCUT2D eigenvalue weighted by atomic mass is 10.1. The van der Waals surface area contributed by atoms with Crippen molar-refractivity contribution in [3.05, 3.63) is 40.6 Å². The molecule has 0 amide bonds. The van der Waals surface area contributed by atoms with Gasteiger partial charge in [0.15, 0.2) is 0 Å². The average Bonchev–Trinajstić information content (AvgIpc) is 2.82. The van der Waals surface area contributed by atoms with Crippen molar-refractivity contribution in [1.29, 1.82) is 0 Å². The Balaban J connectivity index is 1.72. The van der Waals surface area contributed by atoms with Crippen molar-refractivity contribution in [3.8, 4) is 0 Å². The highest BCUT2D eigenvalue weighted by Gasteiger charge is 2.19. The SMILES string of the molecule is C[C@@H]1CCCN1CCc1cc2ccc(Br)cc2cn1. The molecule has 2 nitrogen and oxygen atoms in total. The number of likely N-dealkylation sites (tertiary alicyclic amines) is 1. The molecule has 0 bridgehead atoms. The van der Waals surface area contributed by atoms with E-state index in [2.05, 4.69) is 57.0 Å². The molecule has 100 valence electrons. The molecule has 0 N–H and O–H groups in total. The Kier molecular flexibility index (Phi) is 3.85. The number of hydrogen-bond acceptors (Lipinski definition) is 2. The molecule has 1 fully saturated rings. The van der Waals surface area contributed by atoms with Gasteiger partial charge in [-0.1, -0.05) is 22.0 Å². The maximum atomic E-state index is 4.59. The minimum Gasteiger partial charge on any atom is -0.300 e. The van der Waals surface area contributed by atoms with Crippen LogP contribution < -0.4 is 0 Å². The summed E-state index contributed by atoms with van der Waals surface area (Å²) in [6, 6.07) is 9.34. The van der Waals surface area contributed by atoms with E-state index in [0.29, 0.717) is 0 Å². The van der Waals surface area contributed by atoms with E-state index in [9.17, 15) is 0 Å². The van der Waals surface area contributed by atoms with Crippen LogP contribution in [0.1, 0.15) is 25.5 Å². The Hall–Kier alpha value is -0.930. The van der Waals surface area contributed by atoms with Crippen LogP contribution in [-0.2, 0) is 6.42 Å². The molecule has 1 aromatic heterocycles. The van der Waals surface area contributed by atoms with E-state index in [-0.39, 0.29) is 0 Å². The van der Waals surface area contributed by atoms with Crippen LogP contribution in [0.4, 0.5) is 0 Å². The van der Waals surface area contributed by atoms with Gasteiger partial charge in [0, 0.05) is 40.8 Å². The van der Waals surface area contributed by atoms with E-state index in [4.69, 9.17) is 0 Å². The number of rotatable bonds is 3. The largest absolute Gasteiger partial charge is 0.300 e. The van der Waals surface area contributed by atoms with Gasteiger partial charge < -0.3 is 4.90 Å². The van der Waals surface area contributed by atoms with Gasteiger partial charge in [0.05, 0.1) is 0 Å². The normalized spacial score (nSPS) is 20.2. The first-order valence-corrected chi connectivity index (χ1v) is 7.80. The van der Waals surface area contributed by atoms with Gasteiger partial charge in [-0.3, -0.25) is 4.98 Å². The Bertz CT molecular complexity index is 582. The highest BCUT2D eigenvalue weighted by atomic mass is 79.9. The predicted molar refractivity (Wildman–Crippen MR) is 83.4 cm³/mol. The molecule has 1 aromatic carbocycles. The standard InChI is InChI=1S/C16H19BrN2/c1-12-3-2-7-19(12)8-6-16-10-13-4-5-15(17)9-14(13)11-18-16/h4-5,9-12H,2-3,6-8H2,1H3/t12-/m1/s1. The van der Waals surface area contributed by atoms with E-state index in [0.717, 1.165) is 23.5 Å². The third kappa shape index (κ3) is 2.98. The molecule has 1 aliphatic rings. The van der Waals surface area contributed by atoms with Gasteiger partial charge in [-0.05, 0) is 49.9 Å². The fourth-order valence-corrected chi connectivity index (χ4v) is 3.26. The number of nitrogens with zero attached hydrogens (tertiary/aromatic N) is 2. The summed E-state index contributed by atoms with van der Waals surface area (Å²) in [5, 5.41) is 2.48. The third-order valence-corrected chi connectivity index (χ3v) is 4.58. The topological polar surface area (TPSA) is 16.1 Å². The van der Waals surface area contributed by atoms with Gasteiger partial charge >= 0.3 is 0 Å². The van der Waals surface area contributed by atoms with Crippen molar-refractivity contribution in [2.75, 3.05) is 13.1 Å². The maximum absolute atomic E-state index is 4.59. The van der Waals surface area contributed by atoms with E-state index < -0.39 is 0 Å². The molecule has 1 aliphatic heterocycles. The average molecular weight is 319 g/mol. The third-order valence-electron chi connectivity index (χ3n) is 4.09. The predicted octanol–water partition coefficient (Wildman–Crippen LogP) is 4.02. The lowest BCUT2D eigenvalue weighted by Crippen LogP contribution is -2.29. The van der Waals surface area contributed by atoms with Gasteiger partial charge in [-0.15, -0.1) is 0 Å². The van der Waals surface area contributed by atoms with Gasteiger partial charge in [0.1, 0.15) is 0 Å². The van der Waals surface area contributed by atoms with Crippen LogP contribution in [0.3, 0.4) is 0 Å². The van der Waals surface area contributed by atoms with E-state index >= 15 is 0 Å². The molecule has 0 unspecified atom stereocenters. The zero-order valence-corrected chi connectivity index (χ0v) is 12.9. The molecular weight excluding hydrogens is 300 g/mol. The zero-order valence-electron chi connectivity index (χ0n) is 11.3. The summed E-state index contributed by atoms with van der Waals surface area (Å²) in [7, 11) is 0. The molecule has 1 atom stereocenters. The quantitative estimate of drug-likeness (QED) is 0.849. The van der Waals surface area contributed by atoms with Crippen LogP contribution in [0.5, 0.6) is 0 Å². The number of benzene rings is 1. The fourth-order valence-electron chi connectivity index (χ4n) is 2.88. The molecule has 0 saturated carbocycles. The number of pyridine rings is 1. The van der Waals surface area contributed by atoms with Crippen molar-refractivity contribution in [3.63, 3.8) is 0 Å². The Morgan fingerprint density at radius 1 is 1.32 bits per heavy atom. The Morgan fingerprint density at radius 3 is 3.00 bits per heavy atom. The monoisotopic (exact) mass is 318 g/mol. The van der Waals surface area contributed by atoms with Crippen molar-refractivity contribution in [2.45, 2.75) is 32.2 Å². The molecular formula is C16H19BrN2. The zero-order chi connectivity index (χ0) is 13.2. The summed E-state index contributed by atoms with van der Waals surface area (Å²) in [6.07, 6.45) is 5.73. The van der Waals surface area contributed by atoms with Crippen molar-refractivity contribution in [1.82, 2.24) is 9.88 Å². The molecule has 19 heavy (non-hydrogen) atoms. The maximum Gasteiger partial charge on any atom is 0.0422 e. The highest BCUT2D eigenvalue weighted by molar-refractivity contribution is 9.10. The second kappa shape index (κ2) is 5.59. The van der Waals surface area contributed by atoms with Gasteiger partial charge in [-0.25, -0.2) is 0 Å². The lowest BCUT2D eigenvalue weighted by molar-refractivity contribution is 0.271. The van der Waals surface area contributed by atoms with Gasteiger partial charge in [0.25, 0.3) is 0 Å². The lowest BCUT2D eigenvalue weighted by Gasteiger charge is -2.20. The fraction of sp³-hybridized carbons (Fsp3) is 0.438. The van der Waals surface area contributed by atoms with Crippen LogP contribution in [0.15, 0.2) is 34.9 Å². The summed E-state index contributed by atoms with van der Waals surface area (Å²) in [6.45, 7) is 4.72. The molecule has 0 spiro atoms. The van der Waals surface area contributed by atoms with E-state index in [1.165, 1.54) is 35.9 Å². The second-order valence-electron chi connectivity index (χ2n) is 5.44. The molecule has 2 aromatic rings. The minimum absolute atomic E-state index is 0.747. The minimum atomic E-state index is 0.747. The molecule has 0 aliphatic carbocycles. The first-order valence-electron chi connectivity index (χ1n) is 7.00. The number of fused-ring (bicyclic) bond motifs is 1. The van der Waals surface area contributed by atoms with Crippen molar-refractivity contribution in [2.24, 2.45) is 0 Å². The van der Waals surface area contributed by atoms with Crippen LogP contribution in [0, 0.1) is 0 Å². The van der Waals surface area contributed by atoms with Gasteiger partial charge in [0.2, 0.25) is 0 Å². The van der Waals surface area contributed by atoms with E-state index in [1.54, 1.807) is 0 Å². The summed E-state index contributed by atoms with van der Waals surface area (Å²) >= 11 is 3.50. The highest BCUT2D eigenvalue weighted by Crippen LogP contribution is 2.21. The van der Waals surface area contributed by atoms with Crippen LogP contribution >= 0.6 is 15.9 Å². The van der Waals surface area contributed by atoms with Gasteiger partial charge in [-0.2, -0.15) is 0 Å². The number of aromatic nitrogens is 1. The molecule has 2 heterocycles. The molecule has 3 rings (SSSR count). The van der Waals surface area contributed by atoms with Crippen molar-refractivity contribution >= 4 is 26.7 Å². The molecule has 3 heteroatoms. The first kappa shape index (κ1) is 13.1. The van der Waals surface area contributed by atoms with Crippen LogP contribution in [0.25, 0.3) is 10.8 Å². The molecule has 0 radical (unpaired) electrons. The first-order chi connectivity index (χ1) is 9.22.